The Morgan fingerprint density at radius 3 is 2.56 bits per heavy atom. The Bertz CT molecular complexity index is 394. The normalized spacial score (nSPS) is 11.3. The number of hydrogen-bond donors (Lipinski definition) is 0. The van der Waals surface area contributed by atoms with Crippen molar-refractivity contribution in [2.45, 2.75) is 51.0 Å². The summed E-state index contributed by atoms with van der Waals surface area (Å²) in [5, 5.41) is 0. The first kappa shape index (κ1) is 15.1. The van der Waals surface area contributed by atoms with Gasteiger partial charge in [-0.2, -0.15) is 0 Å². The van der Waals surface area contributed by atoms with E-state index in [4.69, 9.17) is 4.74 Å². The molecule has 0 saturated heterocycles. The van der Waals surface area contributed by atoms with Gasteiger partial charge < -0.3 is 4.74 Å². The van der Waals surface area contributed by atoms with Crippen LogP contribution in [0.4, 0.5) is 0 Å². The number of carbonyl (C=O) groups is 1. The van der Waals surface area contributed by atoms with Crippen molar-refractivity contribution in [1.82, 2.24) is 0 Å². The molecule has 0 bridgehead atoms. The summed E-state index contributed by atoms with van der Waals surface area (Å²) in [6.07, 6.45) is 1.35. The minimum absolute atomic E-state index is 0.104. The van der Waals surface area contributed by atoms with Gasteiger partial charge >= 0.3 is 5.97 Å². The molecule has 0 aliphatic heterocycles. The van der Waals surface area contributed by atoms with Crippen LogP contribution in [0.15, 0.2) is 29.2 Å². The molecule has 0 N–H and O–H groups in total. The standard InChI is InChI=1S/C15H22O2S/c1-12-8-5-6-9-13(12)18-11-7-10-14(16)17-15(2,3)4/h5-6,8-9H,7,10-11H2,1-4H3. The molecule has 0 radical (unpaired) electrons. The minimum Gasteiger partial charge on any atom is -0.460 e. The molecular weight excluding hydrogens is 244 g/mol. The predicted molar refractivity (Wildman–Crippen MR) is 77.0 cm³/mol. The predicted octanol–water partition coefficient (Wildman–Crippen LogP) is 4.21. The monoisotopic (exact) mass is 266 g/mol. The molecule has 0 fully saturated rings. The molecule has 0 unspecified atom stereocenters. The van der Waals surface area contributed by atoms with E-state index >= 15 is 0 Å². The molecule has 3 heteroatoms. The number of ether oxygens (including phenoxy) is 1. The fourth-order valence-corrected chi connectivity index (χ4v) is 2.49. The molecule has 0 aliphatic rings. The topological polar surface area (TPSA) is 26.3 Å². The maximum atomic E-state index is 11.5. The van der Waals surface area contributed by atoms with Gasteiger partial charge in [-0.05, 0) is 51.5 Å². The molecule has 0 amide bonds. The lowest BCUT2D eigenvalue weighted by Gasteiger charge is -2.19. The Hall–Kier alpha value is -0.960. The highest BCUT2D eigenvalue weighted by atomic mass is 32.2. The number of esters is 1. The fourth-order valence-electron chi connectivity index (χ4n) is 1.51. The second-order valence-electron chi connectivity index (χ2n) is 5.30. The lowest BCUT2D eigenvalue weighted by molar-refractivity contribution is -0.154. The van der Waals surface area contributed by atoms with Gasteiger partial charge in [-0.25, -0.2) is 0 Å². The third kappa shape index (κ3) is 6.10. The molecule has 100 valence electrons. The number of thioether (sulfide) groups is 1. The zero-order chi connectivity index (χ0) is 13.6. The summed E-state index contributed by atoms with van der Waals surface area (Å²) < 4.78 is 5.27. The minimum atomic E-state index is -0.375. The fraction of sp³-hybridized carbons (Fsp3) is 0.533. The van der Waals surface area contributed by atoms with Crippen LogP contribution in [0.25, 0.3) is 0 Å². The number of benzene rings is 1. The molecular formula is C15H22O2S. The van der Waals surface area contributed by atoms with Crippen LogP contribution in [0.2, 0.25) is 0 Å². The Morgan fingerprint density at radius 2 is 1.94 bits per heavy atom. The first-order chi connectivity index (χ1) is 8.38. The molecule has 0 aliphatic carbocycles. The SMILES string of the molecule is Cc1ccccc1SCCCC(=O)OC(C)(C)C. The quantitative estimate of drug-likeness (QED) is 0.454. The van der Waals surface area contributed by atoms with Crippen molar-refractivity contribution in [3.8, 4) is 0 Å². The van der Waals surface area contributed by atoms with Crippen LogP contribution < -0.4 is 0 Å². The average molecular weight is 266 g/mol. The van der Waals surface area contributed by atoms with Crippen molar-refractivity contribution in [3.63, 3.8) is 0 Å². The van der Waals surface area contributed by atoms with Crippen LogP contribution in [0.1, 0.15) is 39.2 Å². The zero-order valence-corrected chi connectivity index (χ0v) is 12.5. The number of carbonyl (C=O) groups excluding carboxylic acids is 1. The van der Waals surface area contributed by atoms with E-state index in [2.05, 4.69) is 19.1 Å². The van der Waals surface area contributed by atoms with Crippen LogP contribution in [0.3, 0.4) is 0 Å². The first-order valence-corrected chi connectivity index (χ1v) is 7.27. The van der Waals surface area contributed by atoms with E-state index < -0.39 is 0 Å². The maximum Gasteiger partial charge on any atom is 0.306 e. The summed E-state index contributed by atoms with van der Waals surface area (Å²) >= 11 is 1.80. The van der Waals surface area contributed by atoms with E-state index in [1.54, 1.807) is 11.8 Å². The van der Waals surface area contributed by atoms with E-state index in [9.17, 15) is 4.79 Å². The van der Waals surface area contributed by atoms with E-state index in [1.165, 1.54) is 10.5 Å². The molecule has 0 spiro atoms. The molecule has 2 nitrogen and oxygen atoms in total. The van der Waals surface area contributed by atoms with Crippen molar-refractivity contribution < 1.29 is 9.53 Å². The average Bonchev–Trinajstić information content (AvgIpc) is 2.24. The van der Waals surface area contributed by atoms with Gasteiger partial charge in [-0.3, -0.25) is 4.79 Å². The smallest absolute Gasteiger partial charge is 0.306 e. The Kier molecular flexibility index (Phi) is 5.73. The molecule has 0 atom stereocenters. The van der Waals surface area contributed by atoms with E-state index in [1.807, 2.05) is 32.9 Å². The largest absolute Gasteiger partial charge is 0.460 e. The van der Waals surface area contributed by atoms with Gasteiger partial charge in [0.25, 0.3) is 0 Å². The van der Waals surface area contributed by atoms with Gasteiger partial charge in [0.15, 0.2) is 0 Å². The van der Waals surface area contributed by atoms with Gasteiger partial charge in [0.2, 0.25) is 0 Å². The highest BCUT2D eigenvalue weighted by Crippen LogP contribution is 2.23. The summed E-state index contributed by atoms with van der Waals surface area (Å²) in [4.78, 5) is 12.8. The van der Waals surface area contributed by atoms with Crippen molar-refractivity contribution >= 4 is 17.7 Å². The molecule has 1 rings (SSSR count). The molecule has 0 saturated carbocycles. The second-order valence-corrected chi connectivity index (χ2v) is 6.44. The number of hydrogen-bond acceptors (Lipinski definition) is 3. The van der Waals surface area contributed by atoms with Crippen LogP contribution in [-0.4, -0.2) is 17.3 Å². The summed E-state index contributed by atoms with van der Waals surface area (Å²) in [5.41, 5.74) is 0.917. The first-order valence-electron chi connectivity index (χ1n) is 6.29. The molecule has 0 heterocycles. The van der Waals surface area contributed by atoms with E-state index in [0.29, 0.717) is 6.42 Å². The lowest BCUT2D eigenvalue weighted by atomic mass is 10.2. The van der Waals surface area contributed by atoms with Crippen LogP contribution in [0.5, 0.6) is 0 Å². The van der Waals surface area contributed by atoms with Gasteiger partial charge in [0.1, 0.15) is 5.60 Å². The second kappa shape index (κ2) is 6.83. The van der Waals surface area contributed by atoms with E-state index in [-0.39, 0.29) is 11.6 Å². The van der Waals surface area contributed by atoms with Crippen LogP contribution >= 0.6 is 11.8 Å². The summed E-state index contributed by atoms with van der Waals surface area (Å²) in [5.74, 6) is 0.845. The Labute approximate surface area is 114 Å². The zero-order valence-electron chi connectivity index (χ0n) is 11.7. The van der Waals surface area contributed by atoms with Gasteiger partial charge in [0, 0.05) is 11.3 Å². The van der Waals surface area contributed by atoms with Gasteiger partial charge in [0.05, 0.1) is 0 Å². The molecule has 1 aromatic carbocycles. The number of aryl methyl sites for hydroxylation is 1. The van der Waals surface area contributed by atoms with Gasteiger partial charge in [-0.15, -0.1) is 11.8 Å². The van der Waals surface area contributed by atoms with Crippen molar-refractivity contribution in [2.75, 3.05) is 5.75 Å². The molecule has 0 aromatic heterocycles. The Balaban J connectivity index is 2.23. The van der Waals surface area contributed by atoms with Gasteiger partial charge in [-0.1, -0.05) is 18.2 Å². The number of rotatable bonds is 5. The summed E-state index contributed by atoms with van der Waals surface area (Å²) in [6.45, 7) is 7.79. The summed E-state index contributed by atoms with van der Waals surface area (Å²) in [6, 6.07) is 8.31. The molecule has 18 heavy (non-hydrogen) atoms. The highest BCUT2D eigenvalue weighted by Gasteiger charge is 2.15. The van der Waals surface area contributed by atoms with Crippen LogP contribution in [-0.2, 0) is 9.53 Å². The van der Waals surface area contributed by atoms with Crippen molar-refractivity contribution in [1.29, 1.82) is 0 Å². The molecule has 1 aromatic rings. The van der Waals surface area contributed by atoms with Crippen LogP contribution in [0, 0.1) is 6.92 Å². The summed E-state index contributed by atoms with van der Waals surface area (Å²) in [7, 11) is 0. The lowest BCUT2D eigenvalue weighted by Crippen LogP contribution is -2.23. The van der Waals surface area contributed by atoms with E-state index in [0.717, 1.165) is 12.2 Å². The van der Waals surface area contributed by atoms with Crippen molar-refractivity contribution in [3.05, 3.63) is 29.8 Å². The highest BCUT2D eigenvalue weighted by molar-refractivity contribution is 7.99. The Morgan fingerprint density at radius 1 is 1.28 bits per heavy atom. The maximum absolute atomic E-state index is 11.5. The third-order valence-corrected chi connectivity index (χ3v) is 3.56. The third-order valence-electron chi connectivity index (χ3n) is 2.30. The van der Waals surface area contributed by atoms with Crippen molar-refractivity contribution in [2.24, 2.45) is 0 Å².